The van der Waals surface area contributed by atoms with Gasteiger partial charge < -0.3 is 20.8 Å². The Morgan fingerprint density at radius 2 is 2.10 bits per heavy atom. The van der Waals surface area contributed by atoms with Gasteiger partial charge in [0, 0.05) is 9.92 Å². The summed E-state index contributed by atoms with van der Waals surface area (Å²) in [5, 5.41) is 23.6. The molecule has 0 spiro atoms. The Hall–Kier alpha value is -1.44. The molecule has 1 aromatic carbocycles. The van der Waals surface area contributed by atoms with Crippen molar-refractivity contribution in [2.24, 2.45) is 0 Å². The fraction of sp³-hybridized carbons (Fsp3) is 0.385. The molecule has 21 heavy (non-hydrogen) atoms. The number of urea groups is 1. The zero-order valence-corrected chi connectivity index (χ0v) is 13.2. The quantitative estimate of drug-likeness (QED) is 0.600. The SMILES string of the molecule is CCSc1ccc(Cl)cc1NC(=O)NCC(C)(O)C(=O)O. The number of benzene rings is 1. The first kappa shape index (κ1) is 17.6. The summed E-state index contributed by atoms with van der Waals surface area (Å²) < 4.78 is 0. The molecule has 0 aliphatic heterocycles. The molecule has 0 radical (unpaired) electrons. The Labute approximate surface area is 131 Å². The van der Waals surface area contributed by atoms with Gasteiger partial charge in [0.15, 0.2) is 5.60 Å². The second-order valence-electron chi connectivity index (χ2n) is 4.46. The minimum Gasteiger partial charge on any atom is -0.479 e. The van der Waals surface area contributed by atoms with Crippen molar-refractivity contribution in [2.45, 2.75) is 24.3 Å². The second kappa shape index (κ2) is 7.53. The number of hydrogen-bond acceptors (Lipinski definition) is 4. The second-order valence-corrected chi connectivity index (χ2v) is 6.20. The van der Waals surface area contributed by atoms with Crippen molar-refractivity contribution in [3.63, 3.8) is 0 Å². The number of thioether (sulfide) groups is 1. The molecule has 1 aromatic rings. The van der Waals surface area contributed by atoms with E-state index in [1.165, 1.54) is 11.8 Å². The lowest BCUT2D eigenvalue weighted by Gasteiger charge is -2.19. The highest BCUT2D eigenvalue weighted by Crippen LogP contribution is 2.29. The topological polar surface area (TPSA) is 98.7 Å². The van der Waals surface area contributed by atoms with Gasteiger partial charge in [-0.15, -0.1) is 11.8 Å². The van der Waals surface area contributed by atoms with Gasteiger partial charge >= 0.3 is 12.0 Å². The Bertz CT molecular complexity index is 537. The van der Waals surface area contributed by atoms with E-state index in [2.05, 4.69) is 10.6 Å². The number of carboxylic acid groups (broad SMARTS) is 1. The van der Waals surface area contributed by atoms with Crippen molar-refractivity contribution >= 4 is 41.1 Å². The van der Waals surface area contributed by atoms with Crippen LogP contribution in [0.1, 0.15) is 13.8 Å². The van der Waals surface area contributed by atoms with E-state index in [-0.39, 0.29) is 0 Å². The van der Waals surface area contributed by atoms with Crippen molar-refractivity contribution in [3.05, 3.63) is 23.2 Å². The molecule has 1 unspecified atom stereocenters. The zero-order valence-electron chi connectivity index (χ0n) is 11.6. The van der Waals surface area contributed by atoms with E-state index in [1.807, 2.05) is 6.92 Å². The maximum Gasteiger partial charge on any atom is 0.337 e. The number of amides is 2. The highest BCUT2D eigenvalue weighted by Gasteiger charge is 2.30. The van der Waals surface area contributed by atoms with Gasteiger partial charge in [-0.2, -0.15) is 0 Å². The molecule has 0 fully saturated rings. The molecular weight excluding hydrogens is 316 g/mol. The predicted octanol–water partition coefficient (Wildman–Crippen LogP) is 2.41. The van der Waals surface area contributed by atoms with Crippen LogP contribution in [0.15, 0.2) is 23.1 Å². The number of carbonyl (C=O) groups is 2. The maximum absolute atomic E-state index is 11.8. The average molecular weight is 333 g/mol. The molecule has 0 aliphatic rings. The first-order valence-electron chi connectivity index (χ1n) is 6.19. The number of carboxylic acids is 1. The van der Waals surface area contributed by atoms with Crippen molar-refractivity contribution in [1.82, 2.24) is 5.32 Å². The summed E-state index contributed by atoms with van der Waals surface area (Å²) in [5.74, 6) is -0.584. The average Bonchev–Trinajstić information content (AvgIpc) is 2.40. The third-order valence-electron chi connectivity index (χ3n) is 2.54. The number of aliphatic carboxylic acids is 1. The van der Waals surface area contributed by atoms with Gasteiger partial charge in [0.2, 0.25) is 0 Å². The molecule has 0 aromatic heterocycles. The molecular formula is C13H17ClN2O4S. The first-order chi connectivity index (χ1) is 9.76. The number of halogens is 1. The standard InChI is InChI=1S/C13H17ClN2O4S/c1-3-21-10-5-4-8(14)6-9(10)16-12(19)15-7-13(2,20)11(17)18/h4-6,20H,3,7H2,1-2H3,(H,17,18)(H2,15,16,19). The van der Waals surface area contributed by atoms with Crippen LogP contribution >= 0.6 is 23.4 Å². The van der Waals surface area contributed by atoms with Crippen LogP contribution in [0.5, 0.6) is 0 Å². The third kappa shape index (κ3) is 5.45. The summed E-state index contributed by atoms with van der Waals surface area (Å²) in [6, 6.07) is 4.50. The predicted molar refractivity (Wildman–Crippen MR) is 83.1 cm³/mol. The Morgan fingerprint density at radius 3 is 2.67 bits per heavy atom. The smallest absolute Gasteiger partial charge is 0.337 e. The van der Waals surface area contributed by atoms with E-state index >= 15 is 0 Å². The molecule has 0 heterocycles. The van der Waals surface area contributed by atoms with Crippen LogP contribution in [0, 0.1) is 0 Å². The molecule has 2 amide bonds. The molecule has 0 saturated heterocycles. The van der Waals surface area contributed by atoms with E-state index in [1.54, 1.807) is 18.2 Å². The van der Waals surface area contributed by atoms with Gasteiger partial charge in [0.1, 0.15) is 0 Å². The van der Waals surface area contributed by atoms with Gasteiger partial charge in [-0.1, -0.05) is 18.5 Å². The molecule has 6 nitrogen and oxygen atoms in total. The van der Waals surface area contributed by atoms with E-state index in [4.69, 9.17) is 16.7 Å². The first-order valence-corrected chi connectivity index (χ1v) is 7.55. The molecule has 8 heteroatoms. The van der Waals surface area contributed by atoms with Crippen molar-refractivity contribution in [1.29, 1.82) is 0 Å². The van der Waals surface area contributed by atoms with E-state index in [9.17, 15) is 14.7 Å². The fourth-order valence-corrected chi connectivity index (χ4v) is 2.29. The highest BCUT2D eigenvalue weighted by molar-refractivity contribution is 7.99. The number of nitrogens with one attached hydrogen (secondary N) is 2. The van der Waals surface area contributed by atoms with E-state index in [0.717, 1.165) is 17.6 Å². The molecule has 1 atom stereocenters. The van der Waals surface area contributed by atoms with Gasteiger partial charge in [-0.25, -0.2) is 9.59 Å². The fourth-order valence-electron chi connectivity index (χ4n) is 1.38. The largest absolute Gasteiger partial charge is 0.479 e. The monoisotopic (exact) mass is 332 g/mol. The lowest BCUT2D eigenvalue weighted by Crippen LogP contribution is -2.47. The van der Waals surface area contributed by atoms with Gasteiger partial charge in [-0.3, -0.25) is 0 Å². The Morgan fingerprint density at radius 1 is 1.43 bits per heavy atom. The lowest BCUT2D eigenvalue weighted by molar-refractivity contribution is -0.155. The summed E-state index contributed by atoms with van der Waals surface area (Å²) in [5.41, 5.74) is -1.49. The number of rotatable bonds is 6. The van der Waals surface area contributed by atoms with Crippen molar-refractivity contribution in [2.75, 3.05) is 17.6 Å². The Kier molecular flexibility index (Phi) is 6.32. The minimum atomic E-state index is -2.02. The Balaban J connectivity index is 2.70. The minimum absolute atomic E-state index is 0.412. The third-order valence-corrected chi connectivity index (χ3v) is 3.73. The molecule has 4 N–H and O–H groups in total. The number of hydrogen-bond donors (Lipinski definition) is 4. The van der Waals surface area contributed by atoms with Gasteiger partial charge in [-0.05, 0) is 30.9 Å². The molecule has 1 rings (SSSR count). The summed E-state index contributed by atoms with van der Waals surface area (Å²) >= 11 is 7.43. The van der Waals surface area contributed by atoms with E-state index < -0.39 is 24.1 Å². The number of anilines is 1. The molecule has 0 bridgehead atoms. The van der Waals surface area contributed by atoms with Gasteiger partial charge in [0.05, 0.1) is 12.2 Å². The van der Waals surface area contributed by atoms with Crippen LogP contribution in [0.3, 0.4) is 0 Å². The normalized spacial score (nSPS) is 13.3. The highest BCUT2D eigenvalue weighted by atomic mass is 35.5. The summed E-state index contributed by atoms with van der Waals surface area (Å²) in [7, 11) is 0. The molecule has 116 valence electrons. The summed E-state index contributed by atoms with van der Waals surface area (Å²) in [6.07, 6.45) is 0. The van der Waals surface area contributed by atoms with Crippen LogP contribution in [0.2, 0.25) is 5.02 Å². The molecule has 0 aliphatic carbocycles. The van der Waals surface area contributed by atoms with Crippen molar-refractivity contribution < 1.29 is 19.8 Å². The molecule has 0 saturated carbocycles. The van der Waals surface area contributed by atoms with Crippen LogP contribution in [-0.4, -0.2) is 40.1 Å². The maximum atomic E-state index is 11.8. The van der Waals surface area contributed by atoms with E-state index in [0.29, 0.717) is 10.7 Å². The van der Waals surface area contributed by atoms with Crippen LogP contribution in [-0.2, 0) is 4.79 Å². The van der Waals surface area contributed by atoms with Crippen molar-refractivity contribution in [3.8, 4) is 0 Å². The van der Waals surface area contributed by atoms with Crippen LogP contribution in [0.25, 0.3) is 0 Å². The van der Waals surface area contributed by atoms with Crippen LogP contribution in [0.4, 0.5) is 10.5 Å². The van der Waals surface area contributed by atoms with Gasteiger partial charge in [0.25, 0.3) is 0 Å². The van der Waals surface area contributed by atoms with Crippen LogP contribution < -0.4 is 10.6 Å². The summed E-state index contributed by atoms with van der Waals surface area (Å²) in [6.45, 7) is 2.67. The zero-order chi connectivity index (χ0) is 16.0. The summed E-state index contributed by atoms with van der Waals surface area (Å²) in [4.78, 5) is 23.4. The number of carbonyl (C=O) groups excluding carboxylic acids is 1. The number of aliphatic hydroxyl groups is 1. The lowest BCUT2D eigenvalue weighted by atomic mass is 10.1.